The van der Waals surface area contributed by atoms with Gasteiger partial charge in [0.1, 0.15) is 5.69 Å². The number of hydrogen-bond donors (Lipinski definition) is 3. The number of carbonyl (C=O) groups is 3. The fraction of sp³-hybridized carbons (Fsp3) is 0.800. The van der Waals surface area contributed by atoms with Gasteiger partial charge in [0, 0.05) is 0 Å². The van der Waals surface area contributed by atoms with Crippen molar-refractivity contribution >= 4 is 35.6 Å². The molecule has 1 rings (SSSR count). The van der Waals surface area contributed by atoms with E-state index in [2.05, 4.69) is 72.9 Å². The first-order valence-corrected chi connectivity index (χ1v) is 15.9. The maximum Gasteiger partial charge on any atom is 0.412 e. The molecule has 1 aromatic heterocycles. The zero-order chi connectivity index (χ0) is 31.2. The van der Waals surface area contributed by atoms with Crippen LogP contribution in [-0.4, -0.2) is 53.5 Å². The molecular formula is C30H54N6O6. The summed E-state index contributed by atoms with van der Waals surface area (Å²) in [5.74, 6) is 0.417. The summed E-state index contributed by atoms with van der Waals surface area (Å²) in [6.07, 6.45) is 9.53. The summed E-state index contributed by atoms with van der Waals surface area (Å²) in [7, 11) is 0. The monoisotopic (exact) mass is 594 g/mol. The molecule has 0 aliphatic rings. The van der Waals surface area contributed by atoms with Gasteiger partial charge in [0.25, 0.3) is 0 Å². The quantitative estimate of drug-likeness (QED) is 0.120. The summed E-state index contributed by atoms with van der Waals surface area (Å²) in [5.41, 5.74) is -0.0819. The lowest BCUT2D eigenvalue weighted by Crippen LogP contribution is -2.25. The van der Waals surface area contributed by atoms with Crippen molar-refractivity contribution in [2.24, 2.45) is 17.8 Å². The molecule has 0 saturated carbocycles. The largest absolute Gasteiger partial charge is 0.449 e. The van der Waals surface area contributed by atoms with Crippen molar-refractivity contribution in [1.29, 1.82) is 0 Å². The Kier molecular flexibility index (Phi) is 19.7. The normalized spacial score (nSPS) is 13.0. The molecule has 0 spiro atoms. The molecule has 0 fully saturated rings. The average molecular weight is 595 g/mol. The Hall–Kier alpha value is -3.18. The van der Waals surface area contributed by atoms with E-state index in [4.69, 9.17) is 14.2 Å². The summed E-state index contributed by atoms with van der Waals surface area (Å²) >= 11 is 0. The zero-order valence-electron chi connectivity index (χ0n) is 26.6. The second kappa shape index (κ2) is 22.4. The number of anilines is 3. The van der Waals surface area contributed by atoms with Gasteiger partial charge in [-0.3, -0.25) is 16.0 Å². The van der Waals surface area contributed by atoms with Crippen LogP contribution in [0.5, 0.6) is 0 Å². The Morgan fingerprint density at radius 2 is 0.905 bits per heavy atom. The van der Waals surface area contributed by atoms with Gasteiger partial charge in [-0.2, -0.15) is 0 Å². The Bertz CT molecular complexity index is 866. The summed E-state index contributed by atoms with van der Waals surface area (Å²) in [4.78, 5) is 38.1. The van der Waals surface area contributed by atoms with E-state index in [1.54, 1.807) is 0 Å². The van der Waals surface area contributed by atoms with Crippen LogP contribution in [0.4, 0.5) is 31.7 Å². The third-order valence-electron chi connectivity index (χ3n) is 7.41. The minimum absolute atomic E-state index is 0.0819. The molecule has 1 aromatic rings. The Balaban J connectivity index is 3.03. The SMILES string of the molecule is CCCCC(CC)COC(=O)Nc1nnnc(NC(=O)OCC(CC)CCCC)c1NC(=O)OCC(CC)CCCC. The summed E-state index contributed by atoms with van der Waals surface area (Å²) in [6.45, 7) is 13.2. The highest BCUT2D eigenvalue weighted by atomic mass is 16.6. The standard InChI is InChI=1S/C30H54N6O6/c1-7-13-16-22(10-4)19-40-28(37)31-25-26(32-29(38)41-20-23(11-5)17-14-8-2)34-36-35-27(25)33-30(39)42-21-24(12-6)18-15-9-3/h22-24H,7-21H2,1-6H3,(H,31,36,37)(H2,32,33,34,35,38,39). The molecule has 3 unspecified atom stereocenters. The number of carbonyl (C=O) groups excluding carboxylic acids is 3. The van der Waals surface area contributed by atoms with Gasteiger partial charge in [-0.05, 0) is 42.2 Å². The Morgan fingerprint density at radius 1 is 0.571 bits per heavy atom. The number of nitrogens with zero attached hydrogens (tertiary/aromatic N) is 3. The van der Waals surface area contributed by atoms with E-state index >= 15 is 0 Å². The number of amides is 3. The van der Waals surface area contributed by atoms with Crippen molar-refractivity contribution in [3.05, 3.63) is 0 Å². The second-order valence-electron chi connectivity index (χ2n) is 10.8. The van der Waals surface area contributed by atoms with E-state index < -0.39 is 18.3 Å². The molecule has 0 aromatic carbocycles. The van der Waals surface area contributed by atoms with Crippen LogP contribution in [0.1, 0.15) is 119 Å². The highest BCUT2D eigenvalue weighted by Gasteiger charge is 2.22. The number of rotatable bonds is 21. The van der Waals surface area contributed by atoms with E-state index in [-0.39, 0.29) is 54.9 Å². The van der Waals surface area contributed by atoms with E-state index in [9.17, 15) is 14.4 Å². The maximum atomic E-state index is 12.8. The van der Waals surface area contributed by atoms with Crippen LogP contribution >= 0.6 is 0 Å². The van der Waals surface area contributed by atoms with Gasteiger partial charge in [-0.15, -0.1) is 10.2 Å². The predicted molar refractivity (Wildman–Crippen MR) is 165 cm³/mol. The Morgan fingerprint density at radius 3 is 1.21 bits per heavy atom. The molecule has 3 N–H and O–H groups in total. The lowest BCUT2D eigenvalue weighted by molar-refractivity contribution is 0.134. The number of unbranched alkanes of at least 4 members (excludes halogenated alkanes) is 3. The van der Waals surface area contributed by atoms with Gasteiger partial charge in [-0.1, -0.05) is 99.3 Å². The van der Waals surface area contributed by atoms with Crippen molar-refractivity contribution in [2.75, 3.05) is 35.8 Å². The molecule has 0 aliphatic heterocycles. The van der Waals surface area contributed by atoms with Crippen molar-refractivity contribution < 1.29 is 28.6 Å². The van der Waals surface area contributed by atoms with E-state index in [0.29, 0.717) is 0 Å². The fourth-order valence-corrected chi connectivity index (χ4v) is 4.30. The molecule has 240 valence electrons. The van der Waals surface area contributed by atoms with Crippen LogP contribution in [0, 0.1) is 17.8 Å². The molecule has 1 heterocycles. The average Bonchev–Trinajstić information content (AvgIpc) is 2.99. The molecule has 0 aliphatic carbocycles. The molecule has 42 heavy (non-hydrogen) atoms. The molecule has 3 amide bonds. The van der Waals surface area contributed by atoms with Gasteiger partial charge >= 0.3 is 18.3 Å². The van der Waals surface area contributed by atoms with Gasteiger partial charge in [0.2, 0.25) is 0 Å². The third-order valence-corrected chi connectivity index (χ3v) is 7.41. The Labute approximate surface area is 251 Å². The molecular weight excluding hydrogens is 540 g/mol. The lowest BCUT2D eigenvalue weighted by Gasteiger charge is -2.18. The van der Waals surface area contributed by atoms with Crippen LogP contribution in [0.15, 0.2) is 0 Å². The van der Waals surface area contributed by atoms with Crippen molar-refractivity contribution in [1.82, 2.24) is 15.4 Å². The summed E-state index contributed by atoms with van der Waals surface area (Å²) in [6, 6.07) is 0. The van der Waals surface area contributed by atoms with Crippen LogP contribution in [-0.2, 0) is 14.2 Å². The van der Waals surface area contributed by atoms with Crippen molar-refractivity contribution in [3.8, 4) is 0 Å². The molecule has 0 saturated heterocycles. The summed E-state index contributed by atoms with van der Waals surface area (Å²) in [5, 5.41) is 19.0. The molecule has 0 bridgehead atoms. The number of ether oxygens (including phenoxy) is 3. The molecule has 12 nitrogen and oxygen atoms in total. The fourth-order valence-electron chi connectivity index (χ4n) is 4.30. The highest BCUT2D eigenvalue weighted by Crippen LogP contribution is 2.27. The van der Waals surface area contributed by atoms with Gasteiger partial charge in [0.05, 0.1) is 19.8 Å². The number of nitrogens with one attached hydrogen (secondary N) is 3. The van der Waals surface area contributed by atoms with Gasteiger partial charge in [-0.25, -0.2) is 14.4 Å². The van der Waals surface area contributed by atoms with Crippen LogP contribution in [0.25, 0.3) is 0 Å². The minimum Gasteiger partial charge on any atom is -0.449 e. The predicted octanol–water partition coefficient (Wildman–Crippen LogP) is 8.17. The first-order chi connectivity index (χ1) is 20.3. The van der Waals surface area contributed by atoms with Gasteiger partial charge in [0.15, 0.2) is 11.6 Å². The number of hydrogen-bond acceptors (Lipinski definition) is 9. The van der Waals surface area contributed by atoms with Gasteiger partial charge < -0.3 is 14.2 Å². The topological polar surface area (TPSA) is 154 Å². The van der Waals surface area contributed by atoms with E-state index in [1.165, 1.54) is 0 Å². The lowest BCUT2D eigenvalue weighted by atomic mass is 10.0. The first kappa shape index (κ1) is 36.8. The zero-order valence-corrected chi connectivity index (χ0v) is 26.6. The number of aromatic nitrogens is 3. The minimum atomic E-state index is -0.774. The third kappa shape index (κ3) is 15.2. The van der Waals surface area contributed by atoms with E-state index in [1.807, 2.05) is 0 Å². The first-order valence-electron chi connectivity index (χ1n) is 15.9. The van der Waals surface area contributed by atoms with E-state index in [0.717, 1.165) is 77.0 Å². The smallest absolute Gasteiger partial charge is 0.412 e. The van der Waals surface area contributed by atoms with Crippen molar-refractivity contribution in [3.63, 3.8) is 0 Å². The van der Waals surface area contributed by atoms with Crippen LogP contribution in [0.3, 0.4) is 0 Å². The highest BCUT2D eigenvalue weighted by molar-refractivity contribution is 6.00. The molecule has 0 radical (unpaired) electrons. The van der Waals surface area contributed by atoms with Crippen LogP contribution < -0.4 is 16.0 Å². The molecule has 12 heteroatoms. The maximum absolute atomic E-state index is 12.8. The molecule has 3 atom stereocenters. The summed E-state index contributed by atoms with van der Waals surface area (Å²) < 4.78 is 16.3. The second-order valence-corrected chi connectivity index (χ2v) is 10.8. The van der Waals surface area contributed by atoms with Crippen molar-refractivity contribution in [2.45, 2.75) is 119 Å². The van der Waals surface area contributed by atoms with Crippen LogP contribution in [0.2, 0.25) is 0 Å².